The van der Waals surface area contributed by atoms with Gasteiger partial charge in [0.2, 0.25) is 0 Å². The first-order valence-electron chi connectivity index (χ1n) is 6.82. The normalized spacial score (nSPS) is 10.6. The molecule has 0 aliphatic rings. The molecule has 0 atom stereocenters. The third kappa shape index (κ3) is 3.54. The highest BCUT2D eigenvalue weighted by Gasteiger charge is 2.14. The van der Waals surface area contributed by atoms with Crippen molar-refractivity contribution in [1.29, 1.82) is 0 Å². The maximum atomic E-state index is 11.3. The lowest BCUT2D eigenvalue weighted by atomic mass is 10.0. The van der Waals surface area contributed by atoms with E-state index in [2.05, 4.69) is 13.8 Å². The van der Waals surface area contributed by atoms with Gasteiger partial charge in [0.05, 0.1) is 5.56 Å². The van der Waals surface area contributed by atoms with E-state index in [0.29, 0.717) is 11.5 Å². The molecular weight excluding hydrogens is 266 g/mol. The minimum atomic E-state index is -1.04. The van der Waals surface area contributed by atoms with Crippen molar-refractivity contribution in [3.63, 3.8) is 0 Å². The van der Waals surface area contributed by atoms with E-state index in [1.54, 1.807) is 18.2 Å². The largest absolute Gasteiger partial charge is 0.489 e. The molecule has 0 radical (unpaired) electrons. The molecule has 0 heterocycles. The second kappa shape index (κ2) is 6.31. The number of rotatable bonds is 5. The Morgan fingerprint density at radius 1 is 1.24 bits per heavy atom. The van der Waals surface area contributed by atoms with Crippen molar-refractivity contribution >= 4 is 11.7 Å². The average Bonchev–Trinajstić information content (AvgIpc) is 2.45. The molecular formula is C17H19NO3. The smallest absolute Gasteiger partial charge is 0.338 e. The van der Waals surface area contributed by atoms with Crippen LogP contribution in [0.4, 0.5) is 5.69 Å². The minimum Gasteiger partial charge on any atom is -0.489 e. The molecule has 0 aliphatic carbocycles. The van der Waals surface area contributed by atoms with Crippen LogP contribution in [-0.2, 0) is 6.61 Å². The molecule has 0 fully saturated rings. The first-order valence-corrected chi connectivity index (χ1v) is 6.82. The summed E-state index contributed by atoms with van der Waals surface area (Å²) in [6.07, 6.45) is 0. The number of carboxylic acid groups (broad SMARTS) is 1. The van der Waals surface area contributed by atoms with Crippen molar-refractivity contribution in [3.05, 3.63) is 59.2 Å². The average molecular weight is 285 g/mol. The van der Waals surface area contributed by atoms with Crippen LogP contribution >= 0.6 is 0 Å². The first kappa shape index (κ1) is 14.9. The fraction of sp³-hybridized carbons (Fsp3) is 0.235. The molecule has 2 rings (SSSR count). The Balaban J connectivity index is 2.19. The lowest BCUT2D eigenvalue weighted by Gasteiger charge is -2.12. The molecule has 0 amide bonds. The molecule has 21 heavy (non-hydrogen) atoms. The minimum absolute atomic E-state index is 0.109. The third-order valence-corrected chi connectivity index (χ3v) is 3.32. The van der Waals surface area contributed by atoms with Crippen LogP contribution in [0.1, 0.15) is 41.3 Å². The second-order valence-electron chi connectivity index (χ2n) is 5.20. The van der Waals surface area contributed by atoms with Gasteiger partial charge in [-0.05, 0) is 29.7 Å². The van der Waals surface area contributed by atoms with Crippen LogP contribution in [0.15, 0.2) is 42.5 Å². The molecule has 0 spiro atoms. The molecule has 2 aromatic carbocycles. The van der Waals surface area contributed by atoms with Gasteiger partial charge in [-0.25, -0.2) is 4.79 Å². The van der Waals surface area contributed by atoms with E-state index in [1.807, 2.05) is 24.3 Å². The van der Waals surface area contributed by atoms with E-state index in [-0.39, 0.29) is 17.9 Å². The van der Waals surface area contributed by atoms with Crippen LogP contribution in [0.3, 0.4) is 0 Å². The van der Waals surface area contributed by atoms with Crippen LogP contribution in [-0.4, -0.2) is 11.1 Å². The quantitative estimate of drug-likeness (QED) is 0.822. The zero-order chi connectivity index (χ0) is 15.4. The first-order chi connectivity index (χ1) is 9.99. The van der Waals surface area contributed by atoms with Gasteiger partial charge in [-0.2, -0.15) is 0 Å². The molecule has 110 valence electrons. The lowest BCUT2D eigenvalue weighted by Crippen LogP contribution is -2.09. The van der Waals surface area contributed by atoms with Gasteiger partial charge < -0.3 is 15.6 Å². The Morgan fingerprint density at radius 2 is 1.95 bits per heavy atom. The van der Waals surface area contributed by atoms with Crippen LogP contribution in [0, 0.1) is 0 Å². The number of anilines is 1. The van der Waals surface area contributed by atoms with Gasteiger partial charge in [-0.1, -0.05) is 38.1 Å². The molecule has 4 heteroatoms. The van der Waals surface area contributed by atoms with Gasteiger partial charge in [0.1, 0.15) is 12.4 Å². The van der Waals surface area contributed by atoms with Crippen LogP contribution in [0.25, 0.3) is 0 Å². The Kier molecular flexibility index (Phi) is 4.48. The zero-order valence-electron chi connectivity index (χ0n) is 12.2. The molecule has 2 aromatic rings. The molecule has 0 aromatic heterocycles. The van der Waals surface area contributed by atoms with E-state index >= 15 is 0 Å². The SMILES string of the molecule is CC(C)c1cccc(OCc2cccc(N)c2C(=O)O)c1. The van der Waals surface area contributed by atoms with Crippen molar-refractivity contribution in [2.45, 2.75) is 26.4 Å². The Hall–Kier alpha value is -2.49. The fourth-order valence-electron chi connectivity index (χ4n) is 2.13. The van der Waals surface area contributed by atoms with Crippen molar-refractivity contribution in [2.24, 2.45) is 0 Å². The monoisotopic (exact) mass is 285 g/mol. The van der Waals surface area contributed by atoms with Gasteiger partial charge in [0.25, 0.3) is 0 Å². The molecule has 3 N–H and O–H groups in total. The zero-order valence-corrected chi connectivity index (χ0v) is 12.2. The number of nitrogens with two attached hydrogens (primary N) is 1. The molecule has 0 saturated carbocycles. The van der Waals surface area contributed by atoms with Crippen LogP contribution < -0.4 is 10.5 Å². The Labute approximate surface area is 124 Å². The number of aromatic carboxylic acids is 1. The summed E-state index contributed by atoms with van der Waals surface area (Å²) in [7, 11) is 0. The summed E-state index contributed by atoms with van der Waals surface area (Å²) in [5, 5.41) is 9.23. The van der Waals surface area contributed by atoms with E-state index in [1.165, 1.54) is 5.56 Å². The summed E-state index contributed by atoms with van der Waals surface area (Å²) in [4.78, 5) is 11.3. The number of carbonyl (C=O) groups is 1. The highest BCUT2D eigenvalue weighted by molar-refractivity contribution is 5.95. The number of hydrogen-bond acceptors (Lipinski definition) is 3. The van der Waals surface area contributed by atoms with Gasteiger partial charge in [-0.3, -0.25) is 0 Å². The predicted octanol–water partition coefficient (Wildman–Crippen LogP) is 3.67. The number of nitrogen functional groups attached to an aromatic ring is 1. The molecule has 0 aliphatic heterocycles. The summed E-state index contributed by atoms with van der Waals surface area (Å²) >= 11 is 0. The van der Waals surface area contributed by atoms with Gasteiger partial charge in [0.15, 0.2) is 0 Å². The van der Waals surface area contributed by atoms with Crippen molar-refractivity contribution in [3.8, 4) is 5.75 Å². The topological polar surface area (TPSA) is 72.5 Å². The second-order valence-corrected chi connectivity index (χ2v) is 5.20. The van der Waals surface area contributed by atoms with Crippen LogP contribution in [0.2, 0.25) is 0 Å². The lowest BCUT2D eigenvalue weighted by molar-refractivity contribution is 0.0695. The maximum Gasteiger partial charge on any atom is 0.338 e. The molecule has 4 nitrogen and oxygen atoms in total. The summed E-state index contributed by atoms with van der Waals surface area (Å²) < 4.78 is 5.71. The highest BCUT2D eigenvalue weighted by atomic mass is 16.5. The van der Waals surface area contributed by atoms with Crippen molar-refractivity contribution < 1.29 is 14.6 Å². The highest BCUT2D eigenvalue weighted by Crippen LogP contribution is 2.23. The Bertz CT molecular complexity index is 650. The third-order valence-electron chi connectivity index (χ3n) is 3.32. The summed E-state index contributed by atoms with van der Waals surface area (Å²) in [6, 6.07) is 12.8. The molecule has 0 bridgehead atoms. The molecule has 0 saturated heterocycles. The number of hydrogen-bond donors (Lipinski definition) is 2. The van der Waals surface area contributed by atoms with E-state index < -0.39 is 5.97 Å². The summed E-state index contributed by atoms with van der Waals surface area (Å²) in [5.41, 5.74) is 7.82. The molecule has 0 unspecified atom stereocenters. The summed E-state index contributed by atoms with van der Waals surface area (Å²) in [5.74, 6) is 0.0955. The summed E-state index contributed by atoms with van der Waals surface area (Å²) in [6.45, 7) is 4.40. The number of benzene rings is 2. The van der Waals surface area contributed by atoms with E-state index in [0.717, 1.165) is 5.75 Å². The standard InChI is InChI=1S/C17H19NO3/c1-11(2)12-5-3-7-14(9-12)21-10-13-6-4-8-15(18)16(13)17(19)20/h3-9,11H,10,18H2,1-2H3,(H,19,20). The van der Waals surface area contributed by atoms with Gasteiger partial charge >= 0.3 is 5.97 Å². The van der Waals surface area contributed by atoms with Gasteiger partial charge in [-0.15, -0.1) is 0 Å². The van der Waals surface area contributed by atoms with E-state index in [4.69, 9.17) is 10.5 Å². The fourth-order valence-corrected chi connectivity index (χ4v) is 2.13. The van der Waals surface area contributed by atoms with E-state index in [9.17, 15) is 9.90 Å². The van der Waals surface area contributed by atoms with Crippen LogP contribution in [0.5, 0.6) is 5.75 Å². The Morgan fingerprint density at radius 3 is 2.62 bits per heavy atom. The predicted molar refractivity (Wildman–Crippen MR) is 82.7 cm³/mol. The number of carboxylic acids is 1. The van der Waals surface area contributed by atoms with Crippen molar-refractivity contribution in [1.82, 2.24) is 0 Å². The van der Waals surface area contributed by atoms with Gasteiger partial charge in [0, 0.05) is 11.3 Å². The maximum absolute atomic E-state index is 11.3. The van der Waals surface area contributed by atoms with Crippen molar-refractivity contribution in [2.75, 3.05) is 5.73 Å². The number of ether oxygens (including phenoxy) is 1.